The first-order valence-electron chi connectivity index (χ1n) is 5.63. The fourth-order valence-corrected chi connectivity index (χ4v) is 1.50. The van der Waals surface area contributed by atoms with Crippen molar-refractivity contribution >= 4 is 11.6 Å². The fraction of sp³-hybridized carbons (Fsp3) is 0.636. The summed E-state index contributed by atoms with van der Waals surface area (Å²) in [6, 6.07) is 0. The summed E-state index contributed by atoms with van der Waals surface area (Å²) < 4.78 is 0. The molecule has 6 nitrogen and oxygen atoms in total. The van der Waals surface area contributed by atoms with Crippen LogP contribution >= 0.6 is 0 Å². The van der Waals surface area contributed by atoms with Gasteiger partial charge in [0.1, 0.15) is 18.0 Å². The third-order valence-electron chi connectivity index (χ3n) is 2.29. The van der Waals surface area contributed by atoms with Crippen LogP contribution in [0.4, 0.5) is 11.6 Å². The first-order valence-corrected chi connectivity index (χ1v) is 5.63. The molecule has 0 saturated carbocycles. The van der Waals surface area contributed by atoms with Gasteiger partial charge in [-0.05, 0) is 19.8 Å². The molecule has 6 heteroatoms. The highest BCUT2D eigenvalue weighted by molar-refractivity contribution is 5.58. The van der Waals surface area contributed by atoms with Crippen molar-refractivity contribution < 1.29 is 5.11 Å². The molecular weight excluding hydrogens is 218 g/mol. The van der Waals surface area contributed by atoms with Gasteiger partial charge in [0.25, 0.3) is 0 Å². The summed E-state index contributed by atoms with van der Waals surface area (Å²) in [5, 5.41) is 12.8. The smallest absolute Gasteiger partial charge is 0.148 e. The first kappa shape index (κ1) is 13.7. The maximum atomic E-state index is 9.69. The monoisotopic (exact) mass is 239 g/mol. The Hall–Kier alpha value is -1.40. The highest BCUT2D eigenvalue weighted by Gasteiger charge is 2.17. The van der Waals surface area contributed by atoms with Crippen LogP contribution in [0.5, 0.6) is 0 Å². The molecular formula is C11H21N5O. The van der Waals surface area contributed by atoms with E-state index in [1.54, 1.807) is 13.8 Å². The van der Waals surface area contributed by atoms with Crippen molar-refractivity contribution in [1.29, 1.82) is 0 Å². The standard InChI is InChI=1S/C11H21N5O/c1-7(2)8-9(13-5-11(3,4)17)14-6-15-10(8)16-12/h6-7,17H,5,12H2,1-4H3,(H2,13,14,15,16). The predicted molar refractivity (Wildman–Crippen MR) is 68.7 cm³/mol. The molecule has 0 aliphatic carbocycles. The van der Waals surface area contributed by atoms with Crippen molar-refractivity contribution in [2.24, 2.45) is 5.84 Å². The number of rotatable bonds is 5. The number of hydrazine groups is 1. The van der Waals surface area contributed by atoms with Crippen LogP contribution in [0.1, 0.15) is 39.2 Å². The van der Waals surface area contributed by atoms with Crippen LogP contribution < -0.4 is 16.6 Å². The van der Waals surface area contributed by atoms with Gasteiger partial charge in [0.15, 0.2) is 0 Å². The second-order valence-electron chi connectivity index (χ2n) is 4.95. The number of hydrogen-bond donors (Lipinski definition) is 4. The van der Waals surface area contributed by atoms with E-state index >= 15 is 0 Å². The van der Waals surface area contributed by atoms with E-state index in [1.807, 2.05) is 13.8 Å². The largest absolute Gasteiger partial charge is 0.389 e. The lowest BCUT2D eigenvalue weighted by Crippen LogP contribution is -2.30. The Labute approximate surface area is 102 Å². The Kier molecular flexibility index (Phi) is 4.25. The molecule has 0 atom stereocenters. The van der Waals surface area contributed by atoms with E-state index in [1.165, 1.54) is 6.33 Å². The van der Waals surface area contributed by atoms with Gasteiger partial charge >= 0.3 is 0 Å². The zero-order valence-electron chi connectivity index (χ0n) is 10.8. The summed E-state index contributed by atoms with van der Waals surface area (Å²) in [4.78, 5) is 8.26. The second-order valence-corrected chi connectivity index (χ2v) is 4.95. The average Bonchev–Trinajstić information content (AvgIpc) is 2.24. The Morgan fingerprint density at radius 1 is 1.35 bits per heavy atom. The summed E-state index contributed by atoms with van der Waals surface area (Å²) in [7, 11) is 0. The van der Waals surface area contributed by atoms with Crippen LogP contribution in [0.3, 0.4) is 0 Å². The lowest BCUT2D eigenvalue weighted by molar-refractivity contribution is 0.0944. The lowest BCUT2D eigenvalue weighted by atomic mass is 10.0. The van der Waals surface area contributed by atoms with E-state index in [4.69, 9.17) is 5.84 Å². The van der Waals surface area contributed by atoms with Crippen LogP contribution in [0.25, 0.3) is 0 Å². The van der Waals surface area contributed by atoms with E-state index in [9.17, 15) is 5.11 Å². The van der Waals surface area contributed by atoms with Crippen molar-refractivity contribution in [2.75, 3.05) is 17.3 Å². The van der Waals surface area contributed by atoms with Crippen LogP contribution in [0.2, 0.25) is 0 Å². The molecule has 0 aliphatic heterocycles. The highest BCUT2D eigenvalue weighted by atomic mass is 16.3. The summed E-state index contributed by atoms with van der Waals surface area (Å²) in [6.45, 7) is 7.95. The molecule has 0 unspecified atom stereocenters. The summed E-state index contributed by atoms with van der Waals surface area (Å²) in [5.74, 6) is 6.95. The van der Waals surface area contributed by atoms with Crippen molar-refractivity contribution in [3.8, 4) is 0 Å². The SMILES string of the molecule is CC(C)c1c(NN)ncnc1NCC(C)(C)O. The van der Waals surface area contributed by atoms with Crippen molar-refractivity contribution in [1.82, 2.24) is 9.97 Å². The number of anilines is 2. The number of nitrogens with zero attached hydrogens (tertiary/aromatic N) is 2. The molecule has 0 bridgehead atoms. The average molecular weight is 239 g/mol. The number of aliphatic hydroxyl groups is 1. The van der Waals surface area contributed by atoms with E-state index in [-0.39, 0.29) is 5.92 Å². The molecule has 0 radical (unpaired) electrons. The summed E-state index contributed by atoms with van der Waals surface area (Å²) in [5.41, 5.74) is 2.68. The van der Waals surface area contributed by atoms with Gasteiger partial charge in [-0.3, -0.25) is 0 Å². The fourth-order valence-electron chi connectivity index (χ4n) is 1.50. The molecule has 0 amide bonds. The topological polar surface area (TPSA) is 96.1 Å². The number of aromatic nitrogens is 2. The van der Waals surface area contributed by atoms with E-state index in [2.05, 4.69) is 20.7 Å². The number of hydrogen-bond acceptors (Lipinski definition) is 6. The molecule has 0 saturated heterocycles. The second kappa shape index (κ2) is 5.29. The van der Waals surface area contributed by atoms with Gasteiger partial charge in [0.05, 0.1) is 5.60 Å². The Balaban J connectivity index is 2.98. The van der Waals surface area contributed by atoms with Gasteiger partial charge in [-0.1, -0.05) is 13.8 Å². The van der Waals surface area contributed by atoms with Gasteiger partial charge in [-0.2, -0.15) is 0 Å². The van der Waals surface area contributed by atoms with Crippen LogP contribution in [-0.2, 0) is 0 Å². The molecule has 1 heterocycles. The quantitative estimate of drug-likeness (QED) is 0.453. The summed E-state index contributed by atoms with van der Waals surface area (Å²) in [6.07, 6.45) is 1.44. The lowest BCUT2D eigenvalue weighted by Gasteiger charge is -2.21. The minimum absolute atomic E-state index is 0.228. The molecule has 96 valence electrons. The van der Waals surface area contributed by atoms with E-state index in [0.29, 0.717) is 18.2 Å². The van der Waals surface area contributed by atoms with Crippen LogP contribution in [-0.4, -0.2) is 27.2 Å². The van der Waals surface area contributed by atoms with Gasteiger partial charge in [-0.15, -0.1) is 0 Å². The minimum atomic E-state index is -0.796. The van der Waals surface area contributed by atoms with Crippen LogP contribution in [0.15, 0.2) is 6.33 Å². The molecule has 17 heavy (non-hydrogen) atoms. The third-order valence-corrected chi connectivity index (χ3v) is 2.29. The molecule has 0 spiro atoms. The molecule has 1 aromatic rings. The van der Waals surface area contributed by atoms with Gasteiger partial charge in [-0.25, -0.2) is 15.8 Å². The van der Waals surface area contributed by atoms with Crippen LogP contribution in [0, 0.1) is 0 Å². The summed E-state index contributed by atoms with van der Waals surface area (Å²) >= 11 is 0. The van der Waals surface area contributed by atoms with Crippen molar-refractivity contribution in [3.05, 3.63) is 11.9 Å². The van der Waals surface area contributed by atoms with Gasteiger partial charge in [0.2, 0.25) is 0 Å². The van der Waals surface area contributed by atoms with E-state index in [0.717, 1.165) is 5.56 Å². The molecule has 0 fully saturated rings. The molecule has 1 rings (SSSR count). The number of nitrogens with two attached hydrogens (primary N) is 1. The zero-order chi connectivity index (χ0) is 13.1. The Morgan fingerprint density at radius 2 is 1.94 bits per heavy atom. The number of nitrogens with one attached hydrogen (secondary N) is 2. The van der Waals surface area contributed by atoms with Crippen molar-refractivity contribution in [2.45, 2.75) is 39.2 Å². The maximum Gasteiger partial charge on any atom is 0.148 e. The normalized spacial score (nSPS) is 11.7. The highest BCUT2D eigenvalue weighted by Crippen LogP contribution is 2.27. The Bertz CT molecular complexity index is 373. The van der Waals surface area contributed by atoms with E-state index < -0.39 is 5.60 Å². The van der Waals surface area contributed by atoms with Crippen molar-refractivity contribution in [3.63, 3.8) is 0 Å². The first-order chi connectivity index (χ1) is 7.85. The zero-order valence-corrected chi connectivity index (χ0v) is 10.8. The maximum absolute atomic E-state index is 9.69. The minimum Gasteiger partial charge on any atom is -0.389 e. The predicted octanol–water partition coefficient (Wildman–Crippen LogP) is 1.07. The molecule has 0 aliphatic rings. The van der Waals surface area contributed by atoms with Gasteiger partial charge in [0, 0.05) is 12.1 Å². The molecule has 1 aromatic heterocycles. The number of nitrogen functional groups attached to an aromatic ring is 1. The molecule has 5 N–H and O–H groups in total. The molecule has 0 aromatic carbocycles. The van der Waals surface area contributed by atoms with Gasteiger partial charge < -0.3 is 15.8 Å². The Morgan fingerprint density at radius 3 is 2.41 bits per heavy atom. The third kappa shape index (κ3) is 3.83.